The quantitative estimate of drug-likeness (QED) is 0.425. The Hall–Kier alpha value is -3.02. The normalized spacial score (nSPS) is 11.0. The average Bonchev–Trinajstić information content (AvgIpc) is 3.29. The van der Waals surface area contributed by atoms with E-state index in [-0.39, 0.29) is 5.91 Å². The van der Waals surface area contributed by atoms with Gasteiger partial charge in [0.05, 0.1) is 27.6 Å². The zero-order valence-corrected chi connectivity index (χ0v) is 16.5. The van der Waals surface area contributed by atoms with Crippen LogP contribution >= 0.6 is 23.2 Å². The maximum atomic E-state index is 11.8. The number of H-pyrrole nitrogens is 1. The van der Waals surface area contributed by atoms with Crippen LogP contribution in [0.3, 0.4) is 0 Å². The molecule has 0 saturated carbocycles. The minimum absolute atomic E-state index is 0.272. The first-order valence-electron chi connectivity index (χ1n) is 8.48. The Balaban J connectivity index is 1.91. The van der Waals surface area contributed by atoms with Gasteiger partial charge in [0.1, 0.15) is 0 Å². The van der Waals surface area contributed by atoms with E-state index in [1.54, 1.807) is 12.4 Å². The Morgan fingerprint density at radius 3 is 2.71 bits per heavy atom. The molecule has 4 rings (SSSR count). The molecule has 0 aliphatic carbocycles. The van der Waals surface area contributed by atoms with Crippen molar-refractivity contribution in [2.24, 2.45) is 7.05 Å². The molecular formula is C21H16Cl2N4O. The number of rotatable bonds is 4. The largest absolute Gasteiger partial charge is 0.354 e. The van der Waals surface area contributed by atoms with E-state index in [1.807, 2.05) is 48.1 Å². The second kappa shape index (κ2) is 7.19. The summed E-state index contributed by atoms with van der Waals surface area (Å²) in [5, 5.41) is 4.75. The number of benzene rings is 2. The number of nitrogens with one attached hydrogen (secondary N) is 2. The summed E-state index contributed by atoms with van der Waals surface area (Å²) in [6.07, 6.45) is 4.90. The third kappa shape index (κ3) is 3.42. The number of nitrogens with zero attached hydrogens (tertiary/aromatic N) is 2. The lowest BCUT2D eigenvalue weighted by atomic mass is 10.1. The number of halogens is 2. The summed E-state index contributed by atoms with van der Waals surface area (Å²) in [5.74, 6) is -0.272. The first-order chi connectivity index (χ1) is 13.4. The Kier molecular flexibility index (Phi) is 4.71. The molecule has 0 saturated heterocycles. The second-order valence-corrected chi connectivity index (χ2v) is 7.23. The van der Waals surface area contributed by atoms with Crippen LogP contribution in [-0.2, 0) is 11.8 Å². The monoisotopic (exact) mass is 410 g/mol. The van der Waals surface area contributed by atoms with Crippen LogP contribution in [0.5, 0.6) is 0 Å². The first kappa shape index (κ1) is 18.3. The highest BCUT2D eigenvalue weighted by atomic mass is 35.5. The second-order valence-electron chi connectivity index (χ2n) is 6.42. The summed E-state index contributed by atoms with van der Waals surface area (Å²) >= 11 is 12.2. The molecule has 1 amide bonds. The molecule has 4 aromatic rings. The molecule has 5 nitrogen and oxygen atoms in total. The third-order valence-electron chi connectivity index (χ3n) is 4.39. The van der Waals surface area contributed by atoms with Crippen LogP contribution < -0.4 is 5.32 Å². The molecule has 0 radical (unpaired) electrons. The van der Waals surface area contributed by atoms with Crippen molar-refractivity contribution in [3.63, 3.8) is 0 Å². The summed E-state index contributed by atoms with van der Waals surface area (Å²) in [6, 6.07) is 11.3. The van der Waals surface area contributed by atoms with Gasteiger partial charge >= 0.3 is 0 Å². The highest BCUT2D eigenvalue weighted by Gasteiger charge is 2.14. The van der Waals surface area contributed by atoms with E-state index in [4.69, 9.17) is 23.2 Å². The summed E-state index contributed by atoms with van der Waals surface area (Å²) < 4.78 is 1.87. The van der Waals surface area contributed by atoms with Crippen molar-refractivity contribution in [3.05, 3.63) is 71.6 Å². The summed E-state index contributed by atoms with van der Waals surface area (Å²) in [7, 11) is 1.91. The van der Waals surface area contributed by atoms with E-state index < -0.39 is 0 Å². The van der Waals surface area contributed by atoms with E-state index in [0.29, 0.717) is 15.7 Å². The molecule has 0 fully saturated rings. The van der Waals surface area contributed by atoms with Crippen molar-refractivity contribution in [2.45, 2.75) is 0 Å². The number of aromatic nitrogens is 3. The maximum absolute atomic E-state index is 11.8. The number of anilines is 1. The van der Waals surface area contributed by atoms with Gasteiger partial charge in [0.2, 0.25) is 5.91 Å². The van der Waals surface area contributed by atoms with Crippen LogP contribution in [-0.4, -0.2) is 20.4 Å². The Morgan fingerprint density at radius 2 is 2.04 bits per heavy atom. The molecule has 7 heteroatoms. The van der Waals surface area contributed by atoms with Gasteiger partial charge in [0.15, 0.2) is 0 Å². The number of aryl methyl sites for hydroxylation is 1. The molecule has 28 heavy (non-hydrogen) atoms. The van der Waals surface area contributed by atoms with Crippen molar-refractivity contribution in [2.75, 3.05) is 5.32 Å². The Morgan fingerprint density at radius 1 is 1.21 bits per heavy atom. The molecule has 0 atom stereocenters. The highest BCUT2D eigenvalue weighted by Crippen LogP contribution is 2.35. The minimum atomic E-state index is -0.272. The Bertz CT molecular complexity index is 1220. The van der Waals surface area contributed by atoms with E-state index >= 15 is 0 Å². The van der Waals surface area contributed by atoms with Crippen molar-refractivity contribution < 1.29 is 4.79 Å². The molecular weight excluding hydrogens is 395 g/mol. The number of aromatic amines is 1. The average molecular weight is 411 g/mol. The topological polar surface area (TPSA) is 62.7 Å². The number of imidazole rings is 1. The summed E-state index contributed by atoms with van der Waals surface area (Å²) in [6.45, 7) is 3.50. The number of amides is 1. The van der Waals surface area contributed by atoms with Crippen molar-refractivity contribution in [1.29, 1.82) is 0 Å². The van der Waals surface area contributed by atoms with Gasteiger partial charge in [-0.15, -0.1) is 0 Å². The van der Waals surface area contributed by atoms with E-state index in [2.05, 4.69) is 21.9 Å². The molecule has 0 bridgehead atoms. The molecule has 2 N–H and O–H groups in total. The zero-order valence-electron chi connectivity index (χ0n) is 15.0. The fourth-order valence-corrected chi connectivity index (χ4v) is 3.38. The highest BCUT2D eigenvalue weighted by molar-refractivity contribution is 6.42. The summed E-state index contributed by atoms with van der Waals surface area (Å²) in [5.41, 5.74) is 5.05. The van der Waals surface area contributed by atoms with Crippen molar-refractivity contribution >= 4 is 45.7 Å². The number of carbonyl (C=O) groups is 1. The zero-order chi connectivity index (χ0) is 19.8. The van der Waals surface area contributed by atoms with Crippen LogP contribution in [0.4, 0.5) is 5.69 Å². The number of fused-ring (bicyclic) bond motifs is 1. The molecule has 0 spiro atoms. The van der Waals surface area contributed by atoms with E-state index in [1.165, 1.54) is 6.08 Å². The van der Waals surface area contributed by atoms with Gasteiger partial charge in [-0.25, -0.2) is 4.98 Å². The molecule has 140 valence electrons. The van der Waals surface area contributed by atoms with Gasteiger partial charge in [-0.3, -0.25) is 4.79 Å². The fraction of sp³-hybridized carbons (Fsp3) is 0.0476. The summed E-state index contributed by atoms with van der Waals surface area (Å²) in [4.78, 5) is 19.7. The Labute approximate surface area is 171 Å². The number of hydrogen-bond donors (Lipinski definition) is 2. The van der Waals surface area contributed by atoms with Crippen molar-refractivity contribution in [3.8, 4) is 22.5 Å². The predicted octanol–water partition coefficient (Wildman–Crippen LogP) is 5.67. The van der Waals surface area contributed by atoms with Crippen LogP contribution in [0.1, 0.15) is 0 Å². The van der Waals surface area contributed by atoms with Crippen LogP contribution in [0, 0.1) is 0 Å². The van der Waals surface area contributed by atoms with Gasteiger partial charge in [-0.1, -0.05) is 35.8 Å². The van der Waals surface area contributed by atoms with Crippen LogP contribution in [0.2, 0.25) is 10.0 Å². The van der Waals surface area contributed by atoms with Gasteiger partial charge in [0, 0.05) is 35.6 Å². The minimum Gasteiger partial charge on any atom is -0.354 e. The lowest BCUT2D eigenvalue weighted by Gasteiger charge is -2.07. The predicted molar refractivity (Wildman–Crippen MR) is 115 cm³/mol. The number of carbonyl (C=O) groups excluding carboxylic acids is 1. The molecule has 2 aromatic carbocycles. The van der Waals surface area contributed by atoms with Gasteiger partial charge in [-0.05, 0) is 42.0 Å². The maximum Gasteiger partial charge on any atom is 0.247 e. The lowest BCUT2D eigenvalue weighted by molar-refractivity contribution is -0.111. The van der Waals surface area contributed by atoms with Crippen LogP contribution in [0.25, 0.3) is 33.4 Å². The molecule has 0 unspecified atom stereocenters. The molecule has 0 aliphatic heterocycles. The SMILES string of the molecule is C=CC(=O)Nc1cc(-c2cn(C)cn2)c2[nH]c(-c3ccc(Cl)c(Cl)c3)cc2c1. The smallest absolute Gasteiger partial charge is 0.247 e. The van der Waals surface area contributed by atoms with Crippen LogP contribution in [0.15, 0.2) is 61.6 Å². The first-order valence-corrected chi connectivity index (χ1v) is 9.24. The standard InChI is InChI=1S/C21H16Cl2N4O/c1-3-20(28)25-14-6-13-8-18(12-4-5-16(22)17(23)7-12)26-21(13)15(9-14)19-10-27(2)11-24-19/h3-11,26H,1H2,2H3,(H,25,28). The van der Waals surface area contributed by atoms with Gasteiger partial charge < -0.3 is 14.9 Å². The van der Waals surface area contributed by atoms with Gasteiger partial charge in [0.25, 0.3) is 0 Å². The number of hydrogen-bond acceptors (Lipinski definition) is 2. The molecule has 2 heterocycles. The van der Waals surface area contributed by atoms with Gasteiger partial charge in [-0.2, -0.15) is 0 Å². The lowest BCUT2D eigenvalue weighted by Crippen LogP contribution is -2.07. The van der Waals surface area contributed by atoms with Crippen molar-refractivity contribution in [1.82, 2.24) is 14.5 Å². The molecule has 2 aromatic heterocycles. The third-order valence-corrected chi connectivity index (χ3v) is 5.13. The van der Waals surface area contributed by atoms with E-state index in [9.17, 15) is 4.79 Å². The molecule has 0 aliphatic rings. The van der Waals surface area contributed by atoms with E-state index in [0.717, 1.165) is 33.4 Å². The fourth-order valence-electron chi connectivity index (χ4n) is 3.08.